The lowest BCUT2D eigenvalue weighted by Crippen LogP contribution is -2.62. The van der Waals surface area contributed by atoms with Crippen molar-refractivity contribution in [1.82, 2.24) is 0 Å². The highest BCUT2D eigenvalue weighted by Gasteiger charge is 2.43. The monoisotopic (exact) mass is 554 g/mol. The Balaban J connectivity index is 1.80. The Morgan fingerprint density at radius 2 is 1.40 bits per heavy atom. The van der Waals surface area contributed by atoms with Gasteiger partial charge in [0, 0.05) is 35.0 Å². The molecule has 3 heteroatoms. The summed E-state index contributed by atoms with van der Waals surface area (Å²) in [7, 11) is 0. The van der Waals surface area contributed by atoms with Crippen LogP contribution < -0.4 is 26.2 Å². The van der Waals surface area contributed by atoms with Crippen molar-refractivity contribution < 1.29 is 0 Å². The van der Waals surface area contributed by atoms with Gasteiger partial charge >= 0.3 is 0 Å². The van der Waals surface area contributed by atoms with E-state index in [1.165, 1.54) is 50.3 Å². The van der Waals surface area contributed by atoms with Gasteiger partial charge in [-0.2, -0.15) is 0 Å². The molecule has 1 atom stereocenters. The van der Waals surface area contributed by atoms with Crippen molar-refractivity contribution >= 4 is 45.9 Å². The van der Waals surface area contributed by atoms with Crippen LogP contribution in [-0.4, -0.2) is 12.8 Å². The standard InChI is InChI=1S/C39H47BN2/c1-10-12-14-16-25-41-33-19-17-20-34-37(33)40(31-23-21-29(26-35(31)41)38(4,5)6)32-24-22-30(39(7,8)9)27-36(32)42(34)28(3)18-15-13-11-2/h10-11,13,15-28H,1,12,14H2,2-9H3/b13-11-,18-15-,25-16+. The van der Waals surface area contributed by atoms with Gasteiger partial charge in [0.05, 0.1) is 0 Å². The van der Waals surface area contributed by atoms with Gasteiger partial charge in [0.1, 0.15) is 0 Å². The molecule has 0 N–H and O–H groups in total. The second-order valence-corrected chi connectivity index (χ2v) is 13.8. The van der Waals surface area contributed by atoms with Gasteiger partial charge in [-0.15, -0.1) is 6.58 Å². The van der Waals surface area contributed by atoms with Gasteiger partial charge in [-0.1, -0.05) is 108 Å². The third-order valence-corrected chi connectivity index (χ3v) is 8.69. The molecule has 0 amide bonds. The number of hydrogen-bond donors (Lipinski definition) is 0. The Kier molecular flexibility index (Phi) is 8.16. The Hall–Kier alpha value is -3.72. The second kappa shape index (κ2) is 11.5. The van der Waals surface area contributed by atoms with Crippen molar-refractivity contribution in [3.8, 4) is 0 Å². The molecule has 0 fully saturated rings. The van der Waals surface area contributed by atoms with Crippen LogP contribution in [0, 0.1) is 0 Å². The van der Waals surface area contributed by atoms with Crippen LogP contribution in [0.1, 0.15) is 79.4 Å². The summed E-state index contributed by atoms with van der Waals surface area (Å²) in [4.78, 5) is 5.00. The fraction of sp³-hybridized carbons (Fsp3) is 0.333. The fourth-order valence-electron chi connectivity index (χ4n) is 6.34. The first-order chi connectivity index (χ1) is 20.0. The van der Waals surface area contributed by atoms with Crippen LogP contribution in [-0.2, 0) is 10.8 Å². The van der Waals surface area contributed by atoms with Gasteiger partial charge in [0.15, 0.2) is 0 Å². The predicted octanol–water partition coefficient (Wildman–Crippen LogP) is 8.70. The number of anilines is 4. The topological polar surface area (TPSA) is 6.48 Å². The number of allylic oxidation sites excluding steroid dienone is 5. The van der Waals surface area contributed by atoms with Gasteiger partial charge in [-0.3, -0.25) is 0 Å². The molecule has 3 aromatic carbocycles. The number of rotatable bonds is 7. The maximum atomic E-state index is 3.93. The smallest absolute Gasteiger partial charge is 0.252 e. The molecular weight excluding hydrogens is 507 g/mol. The first kappa shape index (κ1) is 29.8. The zero-order chi connectivity index (χ0) is 30.2. The van der Waals surface area contributed by atoms with Crippen molar-refractivity contribution in [2.45, 2.75) is 85.1 Å². The Bertz CT molecular complexity index is 1560. The Morgan fingerprint density at radius 3 is 2.02 bits per heavy atom. The van der Waals surface area contributed by atoms with E-state index in [1.807, 2.05) is 6.08 Å². The zero-order valence-electron chi connectivity index (χ0n) is 26.9. The maximum absolute atomic E-state index is 3.93. The molecule has 0 aliphatic carbocycles. The molecule has 0 spiro atoms. The SMILES string of the molecule is C=CCC/C=C/N1c2cc(C(C)(C)C)ccc2B2c3ccc(C(C)(C)C)cc3N(C(C)/C=C\C=C/C)c3cccc1c32. The number of nitrogens with zero attached hydrogens (tertiary/aromatic N) is 2. The lowest BCUT2D eigenvalue weighted by atomic mass is 9.33. The highest BCUT2D eigenvalue weighted by Crippen LogP contribution is 2.41. The van der Waals surface area contributed by atoms with Gasteiger partial charge in [-0.05, 0) is 89.3 Å². The summed E-state index contributed by atoms with van der Waals surface area (Å²) in [5.41, 5.74) is 12.2. The van der Waals surface area contributed by atoms with E-state index >= 15 is 0 Å². The van der Waals surface area contributed by atoms with E-state index in [1.54, 1.807) is 0 Å². The minimum Gasteiger partial charge on any atom is -0.336 e. The number of hydrogen-bond acceptors (Lipinski definition) is 2. The summed E-state index contributed by atoms with van der Waals surface area (Å²) in [6, 6.07) is 21.5. The van der Waals surface area contributed by atoms with E-state index in [-0.39, 0.29) is 23.6 Å². The first-order valence-corrected chi connectivity index (χ1v) is 15.5. The van der Waals surface area contributed by atoms with Crippen LogP contribution in [0.5, 0.6) is 0 Å². The first-order valence-electron chi connectivity index (χ1n) is 15.5. The molecule has 3 aromatic rings. The molecule has 0 radical (unpaired) electrons. The van der Waals surface area contributed by atoms with Gasteiger partial charge in [0.25, 0.3) is 6.71 Å². The number of fused-ring (bicyclic) bond motifs is 4. The lowest BCUT2D eigenvalue weighted by Gasteiger charge is -2.45. The summed E-state index contributed by atoms with van der Waals surface area (Å²) in [5, 5.41) is 0. The predicted molar refractivity (Wildman–Crippen MR) is 188 cm³/mol. The molecule has 2 aliphatic rings. The summed E-state index contributed by atoms with van der Waals surface area (Å²) in [6.07, 6.45) is 17.2. The highest BCUT2D eigenvalue weighted by molar-refractivity contribution is 7.00. The molecule has 0 saturated carbocycles. The van der Waals surface area contributed by atoms with E-state index in [0.717, 1.165) is 12.8 Å². The molecule has 216 valence electrons. The quantitative estimate of drug-likeness (QED) is 0.125. The molecule has 1 unspecified atom stereocenters. The largest absolute Gasteiger partial charge is 0.336 e. The lowest BCUT2D eigenvalue weighted by molar-refractivity contribution is 0.590. The zero-order valence-corrected chi connectivity index (χ0v) is 26.9. The summed E-state index contributed by atoms with van der Waals surface area (Å²) in [5.74, 6) is 0. The van der Waals surface area contributed by atoms with Gasteiger partial charge < -0.3 is 9.80 Å². The van der Waals surface area contributed by atoms with E-state index < -0.39 is 0 Å². The number of unbranched alkanes of at least 4 members (excludes halogenated alkanes) is 1. The average Bonchev–Trinajstić information content (AvgIpc) is 2.94. The van der Waals surface area contributed by atoms with E-state index in [4.69, 9.17) is 0 Å². The van der Waals surface area contributed by atoms with Crippen LogP contribution in [0.3, 0.4) is 0 Å². The molecule has 2 aliphatic heterocycles. The van der Waals surface area contributed by atoms with Crippen molar-refractivity contribution in [2.75, 3.05) is 9.80 Å². The summed E-state index contributed by atoms with van der Waals surface area (Å²) >= 11 is 0. The van der Waals surface area contributed by atoms with Crippen molar-refractivity contribution in [2.24, 2.45) is 0 Å². The molecule has 5 rings (SSSR count). The van der Waals surface area contributed by atoms with Crippen LogP contribution in [0.2, 0.25) is 0 Å². The van der Waals surface area contributed by atoms with E-state index in [9.17, 15) is 0 Å². The molecule has 0 bridgehead atoms. The minimum absolute atomic E-state index is 0.0615. The third kappa shape index (κ3) is 5.42. The van der Waals surface area contributed by atoms with Crippen LogP contribution in [0.15, 0.2) is 104 Å². The average molecular weight is 555 g/mol. The fourth-order valence-corrected chi connectivity index (χ4v) is 6.34. The summed E-state index contributed by atoms with van der Waals surface area (Å²) < 4.78 is 0. The van der Waals surface area contributed by atoms with Crippen molar-refractivity contribution in [3.63, 3.8) is 0 Å². The molecule has 2 nitrogen and oxygen atoms in total. The van der Waals surface area contributed by atoms with Crippen LogP contribution in [0.4, 0.5) is 22.7 Å². The molecule has 0 saturated heterocycles. The van der Waals surface area contributed by atoms with E-state index in [0.29, 0.717) is 0 Å². The Labute approximate surface area is 255 Å². The van der Waals surface area contributed by atoms with Crippen molar-refractivity contribution in [1.29, 1.82) is 0 Å². The third-order valence-electron chi connectivity index (χ3n) is 8.69. The van der Waals surface area contributed by atoms with Crippen LogP contribution in [0.25, 0.3) is 0 Å². The van der Waals surface area contributed by atoms with E-state index in [2.05, 4.69) is 163 Å². The maximum Gasteiger partial charge on any atom is 0.252 e. The number of benzene rings is 3. The second-order valence-electron chi connectivity index (χ2n) is 13.8. The molecule has 0 aromatic heterocycles. The Morgan fingerprint density at radius 1 is 0.786 bits per heavy atom. The van der Waals surface area contributed by atoms with Gasteiger partial charge in [-0.25, -0.2) is 0 Å². The van der Waals surface area contributed by atoms with Gasteiger partial charge in [0.2, 0.25) is 0 Å². The summed E-state index contributed by atoms with van der Waals surface area (Å²) in [6.45, 7) is 22.3. The highest BCUT2D eigenvalue weighted by atomic mass is 15.2. The molecular formula is C39H47BN2. The van der Waals surface area contributed by atoms with Crippen molar-refractivity contribution in [3.05, 3.63) is 115 Å². The molecule has 2 heterocycles. The van der Waals surface area contributed by atoms with Crippen LogP contribution >= 0.6 is 0 Å². The normalized spacial score (nSPS) is 15.4. The minimum atomic E-state index is 0.0615. The molecule has 42 heavy (non-hydrogen) atoms.